The number of rotatable bonds is 5. The number of anilines is 3. The van der Waals surface area contributed by atoms with Gasteiger partial charge in [0.2, 0.25) is 5.95 Å². The van der Waals surface area contributed by atoms with E-state index in [1.807, 2.05) is 11.8 Å². The fraction of sp³-hybridized carbons (Fsp3) is 0.412. The summed E-state index contributed by atoms with van der Waals surface area (Å²) in [5.74, 6) is -0.667. The van der Waals surface area contributed by atoms with Crippen LogP contribution in [0.4, 0.5) is 26.2 Å². The molecule has 1 aliphatic rings. The van der Waals surface area contributed by atoms with Crippen LogP contribution in [0.15, 0.2) is 24.3 Å². The van der Waals surface area contributed by atoms with Gasteiger partial charge < -0.3 is 10.2 Å². The highest BCUT2D eigenvalue weighted by molar-refractivity contribution is 7.91. The van der Waals surface area contributed by atoms with Gasteiger partial charge in [-0.15, -0.1) is 0 Å². The summed E-state index contributed by atoms with van der Waals surface area (Å²) in [5.41, 5.74) is 0.282. The summed E-state index contributed by atoms with van der Waals surface area (Å²) < 4.78 is 51.3. The molecule has 1 fully saturated rings. The van der Waals surface area contributed by atoms with E-state index in [-0.39, 0.29) is 29.2 Å². The summed E-state index contributed by atoms with van der Waals surface area (Å²) in [5, 5.41) is 2.59. The van der Waals surface area contributed by atoms with Gasteiger partial charge in [0.25, 0.3) is 0 Å². The second-order valence-corrected chi connectivity index (χ2v) is 8.48. The minimum absolute atomic E-state index is 0.0586. The Labute approximate surface area is 151 Å². The van der Waals surface area contributed by atoms with Gasteiger partial charge in [0.15, 0.2) is 9.84 Å². The number of halogens is 2. The van der Waals surface area contributed by atoms with E-state index < -0.39 is 21.5 Å². The van der Waals surface area contributed by atoms with Gasteiger partial charge in [0, 0.05) is 24.3 Å². The lowest BCUT2D eigenvalue weighted by molar-refractivity contribution is 0.590. The van der Waals surface area contributed by atoms with E-state index in [9.17, 15) is 17.2 Å². The van der Waals surface area contributed by atoms with Crippen molar-refractivity contribution < 1.29 is 17.2 Å². The molecule has 0 bridgehead atoms. The van der Waals surface area contributed by atoms with Crippen molar-refractivity contribution in [2.24, 2.45) is 0 Å². The molecule has 26 heavy (non-hydrogen) atoms. The van der Waals surface area contributed by atoms with Gasteiger partial charge in [0.1, 0.15) is 23.1 Å². The average Bonchev–Trinajstić information content (AvgIpc) is 2.91. The number of sulfone groups is 1. The Morgan fingerprint density at radius 1 is 1.27 bits per heavy atom. The molecule has 1 saturated heterocycles. The number of nitrogens with zero attached hydrogens (tertiary/aromatic N) is 3. The van der Waals surface area contributed by atoms with E-state index in [2.05, 4.69) is 15.3 Å². The van der Waals surface area contributed by atoms with E-state index in [0.29, 0.717) is 24.5 Å². The molecule has 1 unspecified atom stereocenters. The molecule has 6 nitrogen and oxygen atoms in total. The lowest BCUT2D eigenvalue weighted by Crippen LogP contribution is -2.37. The number of nitrogens with one attached hydrogen (secondary N) is 1. The van der Waals surface area contributed by atoms with Crippen LogP contribution < -0.4 is 10.2 Å². The highest BCUT2D eigenvalue weighted by atomic mass is 32.2. The summed E-state index contributed by atoms with van der Waals surface area (Å²) in [6.45, 7) is 4.21. The standard InChI is InChI=1S/C17H20F2N4O2S/c1-3-23(12-7-8-26(24,25)10-12)15-9-11(2)20-17(21-15)22-16-13(18)5-4-6-14(16)19/h4-6,9,12H,3,7-8,10H2,1-2H3,(H,20,21,22). The normalized spacial score (nSPS) is 18.7. The lowest BCUT2D eigenvalue weighted by atomic mass is 10.2. The Morgan fingerprint density at radius 2 is 1.96 bits per heavy atom. The number of aromatic nitrogens is 2. The quantitative estimate of drug-likeness (QED) is 0.857. The zero-order valence-corrected chi connectivity index (χ0v) is 15.4. The fourth-order valence-electron chi connectivity index (χ4n) is 3.11. The van der Waals surface area contributed by atoms with Crippen molar-refractivity contribution in [1.82, 2.24) is 9.97 Å². The van der Waals surface area contributed by atoms with Crippen LogP contribution in [0, 0.1) is 18.6 Å². The first-order chi connectivity index (χ1) is 12.3. The molecule has 0 amide bonds. The van der Waals surface area contributed by atoms with Crippen molar-refractivity contribution in [3.63, 3.8) is 0 Å². The van der Waals surface area contributed by atoms with Gasteiger partial charge in [0.05, 0.1) is 11.5 Å². The molecule has 3 rings (SSSR count). The van der Waals surface area contributed by atoms with Crippen molar-refractivity contribution in [3.8, 4) is 0 Å². The minimum Gasteiger partial charge on any atom is -0.353 e. The Morgan fingerprint density at radius 3 is 2.54 bits per heavy atom. The average molecular weight is 382 g/mol. The molecule has 1 atom stereocenters. The molecule has 1 N–H and O–H groups in total. The zero-order chi connectivity index (χ0) is 18.9. The van der Waals surface area contributed by atoms with Crippen molar-refractivity contribution >= 4 is 27.3 Å². The largest absolute Gasteiger partial charge is 0.353 e. The highest BCUT2D eigenvalue weighted by Crippen LogP contribution is 2.26. The SMILES string of the molecule is CCN(c1cc(C)nc(Nc2c(F)cccc2F)n1)C1CCS(=O)(=O)C1. The molecule has 9 heteroatoms. The Hall–Kier alpha value is -2.29. The minimum atomic E-state index is -3.04. The first-order valence-corrected chi connectivity index (χ1v) is 10.1. The zero-order valence-electron chi connectivity index (χ0n) is 14.5. The number of benzene rings is 1. The topological polar surface area (TPSA) is 75.2 Å². The van der Waals surface area contributed by atoms with Crippen LogP contribution in [-0.4, -0.2) is 42.5 Å². The third kappa shape index (κ3) is 3.92. The third-order valence-electron chi connectivity index (χ3n) is 4.32. The predicted octanol–water partition coefficient (Wildman–Crippen LogP) is 2.82. The van der Waals surface area contributed by atoms with Crippen molar-refractivity contribution in [2.75, 3.05) is 28.3 Å². The molecule has 0 aliphatic carbocycles. The monoisotopic (exact) mass is 382 g/mol. The van der Waals surface area contributed by atoms with Crippen LogP contribution in [0.5, 0.6) is 0 Å². The maximum Gasteiger partial charge on any atom is 0.229 e. The second kappa shape index (κ2) is 7.14. The maximum absolute atomic E-state index is 13.9. The molecule has 0 saturated carbocycles. The summed E-state index contributed by atoms with van der Waals surface area (Å²) in [4.78, 5) is 10.4. The number of aryl methyl sites for hydroxylation is 1. The highest BCUT2D eigenvalue weighted by Gasteiger charge is 2.32. The molecule has 0 spiro atoms. The lowest BCUT2D eigenvalue weighted by Gasteiger charge is -2.28. The summed E-state index contributed by atoms with van der Waals surface area (Å²) >= 11 is 0. The van der Waals surface area contributed by atoms with Gasteiger partial charge in [-0.2, -0.15) is 4.98 Å². The first kappa shape index (κ1) is 18.5. The summed E-state index contributed by atoms with van der Waals surface area (Å²) in [6.07, 6.45) is 0.532. The smallest absolute Gasteiger partial charge is 0.229 e. The molecule has 140 valence electrons. The number of para-hydroxylation sites is 1. The van der Waals surface area contributed by atoms with Gasteiger partial charge in [-0.3, -0.25) is 0 Å². The van der Waals surface area contributed by atoms with Gasteiger partial charge in [-0.25, -0.2) is 22.2 Å². The molecule has 2 aromatic rings. The van der Waals surface area contributed by atoms with E-state index in [4.69, 9.17) is 0 Å². The summed E-state index contributed by atoms with van der Waals surface area (Å²) in [6, 6.07) is 5.13. The van der Waals surface area contributed by atoms with Crippen LogP contribution in [-0.2, 0) is 9.84 Å². The predicted molar refractivity (Wildman–Crippen MR) is 96.5 cm³/mol. The van der Waals surface area contributed by atoms with Crippen LogP contribution >= 0.6 is 0 Å². The van der Waals surface area contributed by atoms with E-state index >= 15 is 0 Å². The van der Waals surface area contributed by atoms with E-state index in [1.165, 1.54) is 6.07 Å². The fourth-order valence-corrected chi connectivity index (χ4v) is 4.84. The van der Waals surface area contributed by atoms with Gasteiger partial charge in [-0.1, -0.05) is 6.07 Å². The molecular weight excluding hydrogens is 362 g/mol. The van der Waals surface area contributed by atoms with Crippen LogP contribution in [0.3, 0.4) is 0 Å². The van der Waals surface area contributed by atoms with Crippen molar-refractivity contribution in [1.29, 1.82) is 0 Å². The van der Waals surface area contributed by atoms with Gasteiger partial charge in [-0.05, 0) is 32.4 Å². The Balaban J connectivity index is 1.92. The first-order valence-electron chi connectivity index (χ1n) is 8.33. The molecular formula is C17H20F2N4O2S. The maximum atomic E-state index is 13.9. The summed E-state index contributed by atoms with van der Waals surface area (Å²) in [7, 11) is -3.04. The molecule has 1 aromatic carbocycles. The van der Waals surface area contributed by atoms with Crippen molar-refractivity contribution in [3.05, 3.63) is 41.6 Å². The Kier molecular flexibility index (Phi) is 5.08. The number of hydrogen-bond donors (Lipinski definition) is 1. The van der Waals surface area contributed by atoms with E-state index in [0.717, 1.165) is 12.1 Å². The Bertz CT molecular complexity index is 901. The van der Waals surface area contributed by atoms with Crippen molar-refractivity contribution in [2.45, 2.75) is 26.3 Å². The molecule has 1 aliphatic heterocycles. The number of hydrogen-bond acceptors (Lipinski definition) is 6. The molecule has 1 aromatic heterocycles. The third-order valence-corrected chi connectivity index (χ3v) is 6.07. The molecule has 0 radical (unpaired) electrons. The molecule has 2 heterocycles. The van der Waals surface area contributed by atoms with Crippen LogP contribution in [0.1, 0.15) is 19.0 Å². The van der Waals surface area contributed by atoms with Crippen LogP contribution in [0.2, 0.25) is 0 Å². The van der Waals surface area contributed by atoms with Gasteiger partial charge >= 0.3 is 0 Å². The van der Waals surface area contributed by atoms with Crippen LogP contribution in [0.25, 0.3) is 0 Å². The second-order valence-electron chi connectivity index (χ2n) is 6.26. The van der Waals surface area contributed by atoms with E-state index in [1.54, 1.807) is 13.0 Å².